The summed E-state index contributed by atoms with van der Waals surface area (Å²) in [6, 6.07) is 7.45. The highest BCUT2D eigenvalue weighted by atomic mass is 32.2. The minimum atomic E-state index is -4.08. The SMILES string of the molecule is Cc1cc(F)c(NS(=O)(=O)c2ccccc2N)cc1F. The van der Waals surface area contributed by atoms with E-state index in [1.807, 2.05) is 4.72 Å². The van der Waals surface area contributed by atoms with Gasteiger partial charge in [-0.05, 0) is 30.7 Å². The van der Waals surface area contributed by atoms with Crippen LogP contribution in [-0.4, -0.2) is 8.42 Å². The summed E-state index contributed by atoms with van der Waals surface area (Å²) >= 11 is 0. The predicted molar refractivity (Wildman–Crippen MR) is 72.8 cm³/mol. The third kappa shape index (κ3) is 2.72. The zero-order valence-corrected chi connectivity index (χ0v) is 11.3. The van der Waals surface area contributed by atoms with E-state index >= 15 is 0 Å². The first-order chi connectivity index (χ1) is 9.31. The summed E-state index contributed by atoms with van der Waals surface area (Å²) in [5.74, 6) is -1.56. The van der Waals surface area contributed by atoms with Gasteiger partial charge in [-0.1, -0.05) is 12.1 Å². The Hall–Kier alpha value is -2.15. The normalized spacial score (nSPS) is 11.3. The largest absolute Gasteiger partial charge is 0.398 e. The van der Waals surface area contributed by atoms with Crippen LogP contribution >= 0.6 is 0 Å². The highest BCUT2D eigenvalue weighted by Crippen LogP contribution is 2.24. The van der Waals surface area contributed by atoms with E-state index in [1.165, 1.54) is 25.1 Å². The second kappa shape index (κ2) is 5.09. The van der Waals surface area contributed by atoms with E-state index in [4.69, 9.17) is 5.73 Å². The van der Waals surface area contributed by atoms with Crippen molar-refractivity contribution in [1.29, 1.82) is 0 Å². The lowest BCUT2D eigenvalue weighted by atomic mass is 10.2. The quantitative estimate of drug-likeness (QED) is 0.856. The van der Waals surface area contributed by atoms with E-state index in [9.17, 15) is 17.2 Å². The number of anilines is 2. The summed E-state index contributed by atoms with van der Waals surface area (Å²) in [7, 11) is -4.08. The number of halogens is 2. The van der Waals surface area contributed by atoms with E-state index in [0.717, 1.165) is 12.1 Å². The first kappa shape index (κ1) is 14.3. The van der Waals surface area contributed by atoms with Crippen molar-refractivity contribution in [3.63, 3.8) is 0 Å². The van der Waals surface area contributed by atoms with E-state index in [1.54, 1.807) is 6.07 Å². The van der Waals surface area contributed by atoms with Crippen molar-refractivity contribution in [3.05, 3.63) is 53.6 Å². The maximum absolute atomic E-state index is 13.7. The van der Waals surface area contributed by atoms with E-state index in [2.05, 4.69) is 0 Å². The molecular weight excluding hydrogens is 286 g/mol. The molecule has 7 heteroatoms. The molecule has 0 aliphatic carbocycles. The van der Waals surface area contributed by atoms with Gasteiger partial charge >= 0.3 is 0 Å². The minimum Gasteiger partial charge on any atom is -0.398 e. The van der Waals surface area contributed by atoms with Gasteiger partial charge < -0.3 is 5.73 Å². The van der Waals surface area contributed by atoms with Crippen LogP contribution in [0.25, 0.3) is 0 Å². The van der Waals surface area contributed by atoms with Crippen molar-refractivity contribution in [3.8, 4) is 0 Å². The van der Waals surface area contributed by atoms with Crippen molar-refractivity contribution < 1.29 is 17.2 Å². The fraction of sp³-hybridized carbons (Fsp3) is 0.0769. The molecule has 2 rings (SSSR count). The molecule has 0 aromatic heterocycles. The number of nitrogens with two attached hydrogens (primary N) is 1. The first-order valence-corrected chi connectivity index (χ1v) is 7.12. The number of sulfonamides is 1. The van der Waals surface area contributed by atoms with Gasteiger partial charge in [0.1, 0.15) is 16.5 Å². The molecule has 20 heavy (non-hydrogen) atoms. The zero-order chi connectivity index (χ0) is 14.9. The molecule has 0 atom stereocenters. The molecule has 0 bridgehead atoms. The molecule has 3 N–H and O–H groups in total. The Morgan fingerprint density at radius 3 is 2.40 bits per heavy atom. The molecule has 106 valence electrons. The number of hydrogen-bond acceptors (Lipinski definition) is 3. The molecule has 0 aliphatic rings. The number of para-hydroxylation sites is 1. The summed E-state index contributed by atoms with van der Waals surface area (Å²) in [5.41, 5.74) is 5.21. The second-order valence-corrected chi connectivity index (χ2v) is 5.88. The summed E-state index contributed by atoms with van der Waals surface area (Å²) in [6.07, 6.45) is 0. The molecular formula is C13H12F2N2O2S. The van der Waals surface area contributed by atoms with Crippen LogP contribution in [-0.2, 0) is 10.0 Å². The van der Waals surface area contributed by atoms with Crippen LogP contribution in [0, 0.1) is 18.6 Å². The molecule has 0 fully saturated rings. The van der Waals surface area contributed by atoms with Crippen molar-refractivity contribution in [2.75, 3.05) is 10.5 Å². The fourth-order valence-corrected chi connectivity index (χ4v) is 2.84. The van der Waals surface area contributed by atoms with Crippen LogP contribution in [0.4, 0.5) is 20.2 Å². The van der Waals surface area contributed by atoms with Gasteiger partial charge in [-0.15, -0.1) is 0 Å². The van der Waals surface area contributed by atoms with Gasteiger partial charge in [0.2, 0.25) is 0 Å². The van der Waals surface area contributed by atoms with Crippen LogP contribution in [0.1, 0.15) is 5.56 Å². The maximum Gasteiger partial charge on any atom is 0.264 e. The average molecular weight is 298 g/mol. The monoisotopic (exact) mass is 298 g/mol. The Balaban J connectivity index is 2.44. The topological polar surface area (TPSA) is 72.2 Å². The summed E-state index contributed by atoms with van der Waals surface area (Å²) in [4.78, 5) is -0.194. The highest BCUT2D eigenvalue weighted by molar-refractivity contribution is 7.92. The summed E-state index contributed by atoms with van der Waals surface area (Å²) in [6.45, 7) is 1.38. The third-order valence-corrected chi connectivity index (χ3v) is 4.14. The molecule has 2 aromatic carbocycles. The molecule has 4 nitrogen and oxygen atoms in total. The lowest BCUT2D eigenvalue weighted by Gasteiger charge is -2.11. The molecule has 0 radical (unpaired) electrons. The van der Waals surface area contributed by atoms with Gasteiger partial charge in [0, 0.05) is 6.07 Å². The van der Waals surface area contributed by atoms with Crippen LogP contribution in [0.5, 0.6) is 0 Å². The van der Waals surface area contributed by atoms with Crippen LogP contribution in [0.3, 0.4) is 0 Å². The molecule has 0 saturated heterocycles. The molecule has 0 aliphatic heterocycles. The van der Waals surface area contributed by atoms with E-state index in [0.29, 0.717) is 0 Å². The molecule has 0 spiro atoms. The molecule has 0 unspecified atom stereocenters. The van der Waals surface area contributed by atoms with Crippen LogP contribution < -0.4 is 10.5 Å². The lowest BCUT2D eigenvalue weighted by molar-refractivity contribution is 0.590. The Morgan fingerprint density at radius 1 is 1.10 bits per heavy atom. The average Bonchev–Trinajstić information content (AvgIpc) is 2.36. The number of nitrogens with one attached hydrogen (secondary N) is 1. The van der Waals surface area contributed by atoms with Gasteiger partial charge in [-0.25, -0.2) is 17.2 Å². The molecule has 2 aromatic rings. The van der Waals surface area contributed by atoms with Crippen LogP contribution in [0.2, 0.25) is 0 Å². The van der Waals surface area contributed by atoms with Gasteiger partial charge in [0.15, 0.2) is 0 Å². The maximum atomic E-state index is 13.7. The van der Waals surface area contributed by atoms with Crippen molar-refractivity contribution in [1.82, 2.24) is 0 Å². The van der Waals surface area contributed by atoms with Gasteiger partial charge in [-0.3, -0.25) is 4.72 Å². The number of benzene rings is 2. The Bertz CT molecular complexity index is 761. The predicted octanol–water partition coefficient (Wildman–Crippen LogP) is 2.66. The van der Waals surface area contributed by atoms with Crippen molar-refractivity contribution in [2.45, 2.75) is 11.8 Å². The van der Waals surface area contributed by atoms with Gasteiger partial charge in [0.05, 0.1) is 11.4 Å². The number of hydrogen-bond donors (Lipinski definition) is 2. The van der Waals surface area contributed by atoms with Gasteiger partial charge in [0.25, 0.3) is 10.0 Å². The minimum absolute atomic E-state index is 0.0213. The van der Waals surface area contributed by atoms with Crippen molar-refractivity contribution in [2.24, 2.45) is 0 Å². The number of rotatable bonds is 3. The number of aryl methyl sites for hydroxylation is 1. The third-order valence-electron chi connectivity index (χ3n) is 2.70. The van der Waals surface area contributed by atoms with Gasteiger partial charge in [-0.2, -0.15) is 0 Å². The zero-order valence-electron chi connectivity index (χ0n) is 10.5. The second-order valence-electron chi connectivity index (χ2n) is 4.22. The smallest absolute Gasteiger partial charge is 0.264 e. The van der Waals surface area contributed by atoms with Crippen molar-refractivity contribution >= 4 is 21.4 Å². The Labute approximate surface area is 115 Å². The van der Waals surface area contributed by atoms with E-state index in [-0.39, 0.29) is 16.1 Å². The first-order valence-electron chi connectivity index (χ1n) is 5.64. The standard InChI is InChI=1S/C13H12F2N2O2S/c1-8-6-10(15)12(7-9(8)14)17-20(18,19)13-5-3-2-4-11(13)16/h2-7,17H,16H2,1H3. The summed E-state index contributed by atoms with van der Waals surface area (Å²) < 4.78 is 53.2. The lowest BCUT2D eigenvalue weighted by Crippen LogP contribution is -2.16. The summed E-state index contributed by atoms with van der Waals surface area (Å²) in [5, 5.41) is 0. The molecule has 0 saturated carbocycles. The Morgan fingerprint density at radius 2 is 1.75 bits per heavy atom. The fourth-order valence-electron chi connectivity index (χ4n) is 1.65. The Kier molecular flexibility index (Phi) is 3.63. The molecule has 0 heterocycles. The van der Waals surface area contributed by atoms with E-state index < -0.39 is 27.3 Å². The highest BCUT2D eigenvalue weighted by Gasteiger charge is 2.19. The molecule has 0 amide bonds. The van der Waals surface area contributed by atoms with Crippen LogP contribution in [0.15, 0.2) is 41.3 Å². The number of nitrogen functional groups attached to an aromatic ring is 1.